The third kappa shape index (κ3) is 3.87. The molecule has 0 spiro atoms. The number of nitrogens with one attached hydrogen (secondary N) is 1. The fraction of sp³-hybridized carbons (Fsp3) is 0.200. The van der Waals surface area contributed by atoms with Crippen LogP contribution in [-0.4, -0.2) is 47.2 Å². The van der Waals surface area contributed by atoms with E-state index in [4.69, 9.17) is 11.6 Å². The highest BCUT2D eigenvalue weighted by Gasteiger charge is 2.24. The molecule has 1 fully saturated rings. The molecule has 1 amide bonds. The molecule has 5 nitrogen and oxygen atoms in total. The van der Waals surface area contributed by atoms with E-state index in [1.165, 1.54) is 0 Å². The summed E-state index contributed by atoms with van der Waals surface area (Å²) in [4.78, 5) is 16.8. The molecule has 27 heavy (non-hydrogen) atoms. The van der Waals surface area contributed by atoms with Gasteiger partial charge in [-0.05, 0) is 45.8 Å². The van der Waals surface area contributed by atoms with Gasteiger partial charge in [0.2, 0.25) is 0 Å². The van der Waals surface area contributed by atoms with Gasteiger partial charge < -0.3 is 9.80 Å². The van der Waals surface area contributed by atoms with E-state index in [-0.39, 0.29) is 5.91 Å². The number of benzene rings is 2. The fourth-order valence-corrected chi connectivity index (χ4v) is 3.77. The summed E-state index contributed by atoms with van der Waals surface area (Å²) in [6.07, 6.45) is 0. The average Bonchev–Trinajstić information content (AvgIpc) is 3.19. The van der Waals surface area contributed by atoms with Crippen molar-refractivity contribution in [2.45, 2.75) is 0 Å². The van der Waals surface area contributed by atoms with E-state index in [1.807, 2.05) is 59.5 Å². The first-order chi connectivity index (χ1) is 13.1. The van der Waals surface area contributed by atoms with E-state index < -0.39 is 0 Å². The lowest BCUT2D eigenvalue weighted by atomic mass is 10.1. The average molecular weight is 446 g/mol. The summed E-state index contributed by atoms with van der Waals surface area (Å²) < 4.78 is 0.831. The van der Waals surface area contributed by atoms with Crippen molar-refractivity contribution >= 4 is 39.3 Å². The summed E-state index contributed by atoms with van der Waals surface area (Å²) in [6.45, 7) is 2.84. The van der Waals surface area contributed by atoms with Crippen molar-refractivity contribution in [1.82, 2.24) is 15.1 Å². The van der Waals surface area contributed by atoms with Gasteiger partial charge in [-0.25, -0.2) is 0 Å². The Morgan fingerprint density at radius 1 is 1.04 bits per heavy atom. The van der Waals surface area contributed by atoms with Gasteiger partial charge in [-0.15, -0.1) is 0 Å². The van der Waals surface area contributed by atoms with E-state index >= 15 is 0 Å². The van der Waals surface area contributed by atoms with Gasteiger partial charge in [-0.3, -0.25) is 9.89 Å². The highest BCUT2D eigenvalue weighted by Crippen LogP contribution is 2.25. The first kappa shape index (κ1) is 18.1. The molecule has 2 heterocycles. The second kappa shape index (κ2) is 7.74. The fourth-order valence-electron chi connectivity index (χ4n) is 3.19. The smallest absolute Gasteiger partial charge is 0.255 e. The first-order valence-corrected chi connectivity index (χ1v) is 9.89. The zero-order valence-corrected chi connectivity index (χ0v) is 16.9. The molecule has 0 atom stereocenters. The standard InChI is InChI=1S/C20H18BrClN4O/c21-17-4-2-1-3-16(17)20(27)26-11-9-25(10-12-26)19-13-18(23-24-19)14-5-7-15(22)8-6-14/h1-8,13H,9-12H2,(H,23,24). The monoisotopic (exact) mass is 444 g/mol. The minimum absolute atomic E-state index is 0.0611. The van der Waals surface area contributed by atoms with Crippen molar-refractivity contribution in [2.75, 3.05) is 31.1 Å². The Bertz CT molecular complexity index is 949. The van der Waals surface area contributed by atoms with Crippen LogP contribution >= 0.6 is 27.5 Å². The summed E-state index contributed by atoms with van der Waals surface area (Å²) >= 11 is 9.41. The molecule has 1 aliphatic heterocycles. The molecule has 7 heteroatoms. The normalized spacial score (nSPS) is 14.4. The Morgan fingerprint density at radius 3 is 2.44 bits per heavy atom. The number of aromatic nitrogens is 2. The van der Waals surface area contributed by atoms with Crippen LogP contribution in [0.25, 0.3) is 11.3 Å². The van der Waals surface area contributed by atoms with E-state index in [2.05, 4.69) is 31.0 Å². The van der Waals surface area contributed by atoms with Gasteiger partial charge in [0.15, 0.2) is 5.82 Å². The number of hydrogen-bond donors (Lipinski definition) is 1. The number of anilines is 1. The van der Waals surface area contributed by atoms with E-state index in [0.29, 0.717) is 23.7 Å². The molecule has 1 aliphatic rings. The summed E-state index contributed by atoms with van der Waals surface area (Å²) in [7, 11) is 0. The zero-order chi connectivity index (χ0) is 18.8. The van der Waals surface area contributed by atoms with Gasteiger partial charge in [0.1, 0.15) is 0 Å². The van der Waals surface area contributed by atoms with Crippen molar-refractivity contribution in [2.24, 2.45) is 0 Å². The number of H-pyrrole nitrogens is 1. The first-order valence-electron chi connectivity index (χ1n) is 8.72. The Balaban J connectivity index is 1.42. The van der Waals surface area contributed by atoms with Crippen LogP contribution < -0.4 is 4.90 Å². The Morgan fingerprint density at radius 2 is 1.74 bits per heavy atom. The van der Waals surface area contributed by atoms with Crippen molar-refractivity contribution in [3.05, 3.63) is 69.7 Å². The van der Waals surface area contributed by atoms with Crippen LogP contribution in [0.2, 0.25) is 5.02 Å². The van der Waals surface area contributed by atoms with Gasteiger partial charge in [0.25, 0.3) is 5.91 Å². The number of rotatable bonds is 3. The summed E-state index contributed by atoms with van der Waals surface area (Å²) in [5, 5.41) is 8.23. The lowest BCUT2D eigenvalue weighted by molar-refractivity contribution is 0.0745. The molecule has 4 rings (SSSR count). The van der Waals surface area contributed by atoms with Crippen molar-refractivity contribution in [3.8, 4) is 11.3 Å². The molecule has 0 aliphatic carbocycles. The van der Waals surface area contributed by atoms with Gasteiger partial charge >= 0.3 is 0 Å². The van der Waals surface area contributed by atoms with Crippen LogP contribution in [0, 0.1) is 0 Å². The maximum absolute atomic E-state index is 12.7. The van der Waals surface area contributed by atoms with Crippen LogP contribution in [0.1, 0.15) is 10.4 Å². The number of carbonyl (C=O) groups is 1. The number of nitrogens with zero attached hydrogens (tertiary/aromatic N) is 3. The quantitative estimate of drug-likeness (QED) is 0.648. The van der Waals surface area contributed by atoms with Crippen LogP contribution in [0.4, 0.5) is 5.82 Å². The van der Waals surface area contributed by atoms with Gasteiger partial charge in [0, 0.05) is 41.7 Å². The predicted molar refractivity (Wildman–Crippen MR) is 111 cm³/mol. The largest absolute Gasteiger partial charge is 0.352 e. The van der Waals surface area contributed by atoms with Crippen molar-refractivity contribution in [1.29, 1.82) is 0 Å². The topological polar surface area (TPSA) is 52.2 Å². The van der Waals surface area contributed by atoms with Gasteiger partial charge in [0.05, 0.1) is 11.3 Å². The molecule has 0 saturated carbocycles. The molecule has 0 unspecified atom stereocenters. The van der Waals surface area contributed by atoms with Gasteiger partial charge in [-0.1, -0.05) is 35.9 Å². The number of hydrogen-bond acceptors (Lipinski definition) is 3. The predicted octanol–water partition coefficient (Wildman–Crippen LogP) is 4.46. The lowest BCUT2D eigenvalue weighted by Gasteiger charge is -2.35. The molecule has 3 aromatic rings. The number of carbonyl (C=O) groups excluding carboxylic acids is 1. The molecule has 0 bridgehead atoms. The molecule has 138 valence electrons. The van der Waals surface area contributed by atoms with E-state index in [9.17, 15) is 4.79 Å². The van der Waals surface area contributed by atoms with Crippen LogP contribution in [0.3, 0.4) is 0 Å². The van der Waals surface area contributed by atoms with Crippen molar-refractivity contribution in [3.63, 3.8) is 0 Å². The number of aromatic amines is 1. The third-order valence-corrected chi connectivity index (χ3v) is 5.66. The Hall–Kier alpha value is -2.31. The van der Waals surface area contributed by atoms with E-state index in [0.717, 1.165) is 34.6 Å². The van der Waals surface area contributed by atoms with Crippen LogP contribution in [-0.2, 0) is 0 Å². The summed E-state index contributed by atoms with van der Waals surface area (Å²) in [5.41, 5.74) is 2.70. The van der Waals surface area contributed by atoms with Crippen molar-refractivity contribution < 1.29 is 4.79 Å². The Labute approximate surface area is 171 Å². The summed E-state index contributed by atoms with van der Waals surface area (Å²) in [6, 6.07) is 17.2. The third-order valence-electron chi connectivity index (χ3n) is 4.71. The molecular formula is C20H18BrClN4O. The van der Waals surface area contributed by atoms with E-state index in [1.54, 1.807) is 0 Å². The lowest BCUT2D eigenvalue weighted by Crippen LogP contribution is -2.49. The maximum Gasteiger partial charge on any atom is 0.255 e. The zero-order valence-electron chi connectivity index (χ0n) is 14.5. The SMILES string of the molecule is O=C(c1ccccc1Br)N1CCN(c2cc(-c3ccc(Cl)cc3)[nH]n2)CC1. The maximum atomic E-state index is 12.7. The number of halogens is 2. The molecule has 2 aromatic carbocycles. The second-order valence-corrected chi connectivity index (χ2v) is 7.70. The molecule has 1 saturated heterocycles. The number of amides is 1. The second-order valence-electron chi connectivity index (χ2n) is 6.41. The number of piperazine rings is 1. The minimum atomic E-state index is 0.0611. The Kier molecular flexibility index (Phi) is 5.18. The highest BCUT2D eigenvalue weighted by atomic mass is 79.9. The van der Waals surface area contributed by atoms with Gasteiger partial charge in [-0.2, -0.15) is 5.10 Å². The van der Waals surface area contributed by atoms with Crippen LogP contribution in [0.15, 0.2) is 59.1 Å². The van der Waals surface area contributed by atoms with Crippen LogP contribution in [0.5, 0.6) is 0 Å². The molecule has 0 radical (unpaired) electrons. The molecule has 1 N–H and O–H groups in total. The minimum Gasteiger partial charge on any atom is -0.352 e. The summed E-state index contributed by atoms with van der Waals surface area (Å²) in [5.74, 6) is 0.957. The molecule has 1 aromatic heterocycles. The highest BCUT2D eigenvalue weighted by molar-refractivity contribution is 9.10. The molecular weight excluding hydrogens is 428 g/mol.